The van der Waals surface area contributed by atoms with Crippen LogP contribution in [-0.2, 0) is 0 Å². The van der Waals surface area contributed by atoms with Crippen LogP contribution < -0.4 is 0 Å². The molecule has 0 unspecified atom stereocenters. The molecular weight excluding hydrogens is 132 g/mol. The Morgan fingerprint density at radius 2 is 1.91 bits per heavy atom. The maximum Gasteiger partial charge on any atom is -0.0133 e. The molecule has 0 fully saturated rings. The molecule has 0 aromatic heterocycles. The van der Waals surface area contributed by atoms with Crippen molar-refractivity contribution in [1.82, 2.24) is 0 Å². The van der Waals surface area contributed by atoms with E-state index < -0.39 is 0 Å². The zero-order chi connectivity index (χ0) is 8.10. The average Bonchev–Trinajstić information content (AvgIpc) is 1.84. The van der Waals surface area contributed by atoms with Crippen LogP contribution >= 0.6 is 0 Å². The molecule has 1 aliphatic carbocycles. The molecule has 0 radical (unpaired) electrons. The van der Waals surface area contributed by atoms with Gasteiger partial charge in [-0.3, -0.25) is 0 Å². The summed E-state index contributed by atoms with van der Waals surface area (Å²) >= 11 is 0. The first kappa shape index (κ1) is 8.32. The van der Waals surface area contributed by atoms with Gasteiger partial charge in [0.25, 0.3) is 0 Å². The Labute approximate surface area is 69.3 Å². The molecule has 0 aliphatic heterocycles. The first-order valence-electron chi connectivity index (χ1n) is 4.31. The van der Waals surface area contributed by atoms with E-state index in [-0.39, 0.29) is 0 Å². The molecule has 0 aromatic carbocycles. The van der Waals surface area contributed by atoms with Crippen molar-refractivity contribution in [3.63, 3.8) is 0 Å². The lowest BCUT2D eigenvalue weighted by Crippen LogP contribution is -1.93. The van der Waals surface area contributed by atoms with Gasteiger partial charge in [-0.25, -0.2) is 0 Å². The summed E-state index contributed by atoms with van der Waals surface area (Å²) in [6, 6.07) is 0. The predicted octanol–water partition coefficient (Wildman–Crippen LogP) is 3.48. The zero-order valence-corrected chi connectivity index (χ0v) is 7.38. The molecule has 60 valence electrons. The quantitative estimate of drug-likeness (QED) is 0.499. The monoisotopic (exact) mass is 148 g/mol. The molecular formula is C11H16. The van der Waals surface area contributed by atoms with Crippen molar-refractivity contribution in [3.8, 4) is 0 Å². The van der Waals surface area contributed by atoms with Crippen LogP contribution in [0.3, 0.4) is 0 Å². The van der Waals surface area contributed by atoms with Gasteiger partial charge in [-0.2, -0.15) is 0 Å². The minimum atomic E-state index is 0.700. The first-order chi connectivity index (χ1) is 5.30. The first-order valence-corrected chi connectivity index (χ1v) is 4.31. The van der Waals surface area contributed by atoms with E-state index in [9.17, 15) is 0 Å². The summed E-state index contributed by atoms with van der Waals surface area (Å²) in [6.07, 6.45) is 13.2. The van der Waals surface area contributed by atoms with E-state index in [2.05, 4.69) is 44.2 Å². The summed E-state index contributed by atoms with van der Waals surface area (Å²) in [7, 11) is 0. The predicted molar refractivity (Wildman–Crippen MR) is 50.4 cm³/mol. The van der Waals surface area contributed by atoms with Gasteiger partial charge in [0.15, 0.2) is 0 Å². The summed E-state index contributed by atoms with van der Waals surface area (Å²) in [6.45, 7) is 4.51. The molecule has 0 heteroatoms. The lowest BCUT2D eigenvalue weighted by Gasteiger charge is -2.09. The summed E-state index contributed by atoms with van der Waals surface area (Å²) in [5.41, 5.74) is 1.56. The zero-order valence-electron chi connectivity index (χ0n) is 7.38. The third-order valence-corrected chi connectivity index (χ3v) is 1.99. The van der Waals surface area contributed by atoms with Crippen LogP contribution in [0.1, 0.15) is 26.7 Å². The SMILES string of the molecule is CC(C)/C1=C/C/C=C\C=C/C1. The number of hydrogen-bond donors (Lipinski definition) is 0. The van der Waals surface area contributed by atoms with Crippen molar-refractivity contribution >= 4 is 0 Å². The van der Waals surface area contributed by atoms with Gasteiger partial charge < -0.3 is 0 Å². The minimum absolute atomic E-state index is 0.700. The van der Waals surface area contributed by atoms with Crippen molar-refractivity contribution < 1.29 is 0 Å². The maximum atomic E-state index is 2.34. The van der Waals surface area contributed by atoms with E-state index >= 15 is 0 Å². The highest BCUT2D eigenvalue weighted by molar-refractivity contribution is 5.17. The molecule has 11 heavy (non-hydrogen) atoms. The second kappa shape index (κ2) is 4.17. The highest BCUT2D eigenvalue weighted by Crippen LogP contribution is 2.16. The summed E-state index contributed by atoms with van der Waals surface area (Å²) < 4.78 is 0. The summed E-state index contributed by atoms with van der Waals surface area (Å²) in [4.78, 5) is 0. The van der Waals surface area contributed by atoms with Gasteiger partial charge in [0.1, 0.15) is 0 Å². The van der Waals surface area contributed by atoms with Crippen molar-refractivity contribution in [2.45, 2.75) is 26.7 Å². The molecule has 0 spiro atoms. The van der Waals surface area contributed by atoms with Gasteiger partial charge in [-0.15, -0.1) is 0 Å². The van der Waals surface area contributed by atoms with E-state index in [0.29, 0.717) is 5.92 Å². The standard InChI is InChI=1S/C11H16/c1-10(2)11-8-6-4-3-5-7-9-11/h3-6,9-10H,7-8H2,1-2H3/b5-3-,6-4-,11-9+. The molecule has 1 rings (SSSR count). The van der Waals surface area contributed by atoms with Gasteiger partial charge >= 0.3 is 0 Å². The smallest absolute Gasteiger partial charge is 0.0133 e. The normalized spacial score (nSPS) is 28.5. The van der Waals surface area contributed by atoms with Crippen molar-refractivity contribution in [2.75, 3.05) is 0 Å². The van der Waals surface area contributed by atoms with Crippen LogP contribution in [-0.4, -0.2) is 0 Å². The number of rotatable bonds is 1. The van der Waals surface area contributed by atoms with Crippen LogP contribution in [0, 0.1) is 5.92 Å². The Balaban J connectivity index is 2.65. The topological polar surface area (TPSA) is 0 Å². The highest BCUT2D eigenvalue weighted by Gasteiger charge is 1.99. The Morgan fingerprint density at radius 1 is 1.18 bits per heavy atom. The molecule has 0 atom stereocenters. The molecule has 0 heterocycles. The summed E-state index contributed by atoms with van der Waals surface area (Å²) in [5, 5.41) is 0. The molecule has 0 N–H and O–H groups in total. The number of hydrogen-bond acceptors (Lipinski definition) is 0. The molecule has 0 saturated carbocycles. The molecule has 0 amide bonds. The fraction of sp³-hybridized carbons (Fsp3) is 0.455. The van der Waals surface area contributed by atoms with Gasteiger partial charge in [0.2, 0.25) is 0 Å². The minimum Gasteiger partial charge on any atom is -0.0810 e. The third-order valence-electron chi connectivity index (χ3n) is 1.99. The molecule has 1 aliphatic rings. The fourth-order valence-corrected chi connectivity index (χ4v) is 1.21. The van der Waals surface area contributed by atoms with E-state index in [1.54, 1.807) is 5.57 Å². The number of allylic oxidation sites excluding steroid dienone is 6. The maximum absolute atomic E-state index is 2.34. The Bertz CT molecular complexity index is 192. The van der Waals surface area contributed by atoms with Gasteiger partial charge in [0, 0.05) is 0 Å². The Hall–Kier alpha value is -0.780. The molecule has 0 bridgehead atoms. The van der Waals surface area contributed by atoms with E-state index in [4.69, 9.17) is 0 Å². The third kappa shape index (κ3) is 2.75. The van der Waals surface area contributed by atoms with Gasteiger partial charge in [0.05, 0.1) is 0 Å². The van der Waals surface area contributed by atoms with Gasteiger partial charge in [-0.05, 0) is 18.8 Å². The van der Waals surface area contributed by atoms with Crippen LogP contribution in [0.5, 0.6) is 0 Å². The van der Waals surface area contributed by atoms with Crippen molar-refractivity contribution in [3.05, 3.63) is 36.0 Å². The largest absolute Gasteiger partial charge is 0.0810 e. The average molecular weight is 148 g/mol. The van der Waals surface area contributed by atoms with Crippen LogP contribution in [0.15, 0.2) is 36.0 Å². The van der Waals surface area contributed by atoms with Crippen LogP contribution in [0.4, 0.5) is 0 Å². The van der Waals surface area contributed by atoms with Crippen LogP contribution in [0.2, 0.25) is 0 Å². The second-order valence-corrected chi connectivity index (χ2v) is 3.23. The van der Waals surface area contributed by atoms with E-state index in [1.807, 2.05) is 0 Å². The Kier molecular flexibility index (Phi) is 3.15. The molecule has 0 saturated heterocycles. The molecule has 0 nitrogen and oxygen atoms in total. The Morgan fingerprint density at radius 3 is 2.64 bits per heavy atom. The van der Waals surface area contributed by atoms with Crippen molar-refractivity contribution in [2.24, 2.45) is 5.92 Å². The molecule has 0 aromatic rings. The van der Waals surface area contributed by atoms with Gasteiger partial charge in [-0.1, -0.05) is 49.8 Å². The lowest BCUT2D eigenvalue weighted by molar-refractivity contribution is 0.742. The van der Waals surface area contributed by atoms with E-state index in [1.165, 1.54) is 0 Å². The van der Waals surface area contributed by atoms with Crippen molar-refractivity contribution in [1.29, 1.82) is 0 Å². The van der Waals surface area contributed by atoms with E-state index in [0.717, 1.165) is 12.8 Å². The summed E-state index contributed by atoms with van der Waals surface area (Å²) in [5.74, 6) is 0.700. The second-order valence-electron chi connectivity index (χ2n) is 3.23. The lowest BCUT2D eigenvalue weighted by atomic mass is 9.97. The highest BCUT2D eigenvalue weighted by atomic mass is 14.1. The van der Waals surface area contributed by atoms with Crippen LogP contribution in [0.25, 0.3) is 0 Å². The fourth-order valence-electron chi connectivity index (χ4n) is 1.21.